The number of benzene rings is 1. The minimum absolute atomic E-state index is 0.305. The van der Waals surface area contributed by atoms with Crippen LogP contribution < -0.4 is 5.32 Å². The van der Waals surface area contributed by atoms with E-state index in [0.29, 0.717) is 6.61 Å². The molecule has 1 amide bonds. The molecule has 27 heavy (non-hydrogen) atoms. The van der Waals surface area contributed by atoms with Gasteiger partial charge in [-0.3, -0.25) is 4.79 Å². The first-order valence-electron chi connectivity index (χ1n) is 8.69. The first-order chi connectivity index (χ1) is 12.8. The molecule has 0 spiro atoms. The van der Waals surface area contributed by atoms with E-state index in [-0.39, 0.29) is 11.8 Å². The number of methoxy groups -OCH3 is 1. The fourth-order valence-electron chi connectivity index (χ4n) is 2.63. The van der Waals surface area contributed by atoms with E-state index in [1.807, 2.05) is 37.3 Å². The van der Waals surface area contributed by atoms with E-state index in [1.54, 1.807) is 6.92 Å². The van der Waals surface area contributed by atoms with Gasteiger partial charge in [-0.05, 0) is 18.6 Å². The molecule has 1 saturated heterocycles. The van der Waals surface area contributed by atoms with E-state index in [9.17, 15) is 14.4 Å². The van der Waals surface area contributed by atoms with Gasteiger partial charge in [0.15, 0.2) is 6.10 Å². The average Bonchev–Trinajstić information content (AvgIpc) is 3.41. The molecule has 146 valence electrons. The summed E-state index contributed by atoms with van der Waals surface area (Å²) in [5.41, 5.74) is 0.195. The van der Waals surface area contributed by atoms with E-state index >= 15 is 0 Å². The highest BCUT2D eigenvalue weighted by Gasteiger charge is 2.49. The molecule has 7 heteroatoms. The summed E-state index contributed by atoms with van der Waals surface area (Å²) in [6, 6.07) is 8.49. The lowest BCUT2D eigenvalue weighted by molar-refractivity contribution is -0.154. The molecule has 1 fully saturated rings. The van der Waals surface area contributed by atoms with Gasteiger partial charge in [0, 0.05) is 18.9 Å². The molecule has 1 N–H and O–H groups in total. The fraction of sp³-hybridized carbons (Fsp3) is 0.450. The fourth-order valence-corrected chi connectivity index (χ4v) is 2.63. The number of hydrogen-bond donors (Lipinski definition) is 1. The first kappa shape index (κ1) is 20.6. The molecule has 1 aromatic rings. The molecule has 0 bridgehead atoms. The Balaban J connectivity index is 2.19. The maximum Gasteiger partial charge on any atom is 0.330 e. The van der Waals surface area contributed by atoms with Crippen LogP contribution in [0.25, 0.3) is 0 Å². The van der Waals surface area contributed by atoms with Crippen LogP contribution in [0.3, 0.4) is 0 Å². The van der Waals surface area contributed by atoms with Gasteiger partial charge in [0.1, 0.15) is 11.6 Å². The second-order valence-electron chi connectivity index (χ2n) is 6.72. The molecule has 1 aliphatic heterocycles. The monoisotopic (exact) mass is 375 g/mol. The van der Waals surface area contributed by atoms with Gasteiger partial charge < -0.3 is 19.5 Å². The number of rotatable bonds is 8. The first-order valence-corrected chi connectivity index (χ1v) is 8.69. The number of epoxide rings is 1. The SMILES string of the molecule is COC(=O)/C=C/[C@@H](OC(=O)[C@@H](NC(C)=O)[C@H](C)c1ccccc1)[C@]1(C)CO1. The second kappa shape index (κ2) is 8.81. The molecule has 2 rings (SSSR count). The number of hydrogen-bond acceptors (Lipinski definition) is 6. The van der Waals surface area contributed by atoms with Crippen molar-refractivity contribution in [1.82, 2.24) is 5.32 Å². The third-order valence-corrected chi connectivity index (χ3v) is 4.49. The zero-order valence-corrected chi connectivity index (χ0v) is 15.9. The highest BCUT2D eigenvalue weighted by atomic mass is 16.6. The van der Waals surface area contributed by atoms with Crippen molar-refractivity contribution in [1.29, 1.82) is 0 Å². The Labute approximate surface area is 158 Å². The van der Waals surface area contributed by atoms with Gasteiger partial charge in [0.25, 0.3) is 0 Å². The number of ether oxygens (including phenoxy) is 3. The van der Waals surface area contributed by atoms with Gasteiger partial charge in [-0.2, -0.15) is 0 Å². The minimum Gasteiger partial charge on any atom is -0.466 e. The lowest BCUT2D eigenvalue weighted by Crippen LogP contribution is -2.46. The molecular weight excluding hydrogens is 350 g/mol. The molecule has 1 heterocycles. The molecule has 0 unspecified atom stereocenters. The highest BCUT2D eigenvalue weighted by Crippen LogP contribution is 2.33. The van der Waals surface area contributed by atoms with Gasteiger partial charge in [-0.25, -0.2) is 9.59 Å². The molecule has 0 saturated carbocycles. The summed E-state index contributed by atoms with van der Waals surface area (Å²) in [6.07, 6.45) is 1.86. The van der Waals surface area contributed by atoms with E-state index in [1.165, 1.54) is 26.2 Å². The number of carbonyl (C=O) groups excluding carboxylic acids is 3. The van der Waals surface area contributed by atoms with Gasteiger partial charge in [0.2, 0.25) is 5.91 Å². The van der Waals surface area contributed by atoms with Crippen molar-refractivity contribution >= 4 is 17.8 Å². The van der Waals surface area contributed by atoms with Gasteiger partial charge in [-0.15, -0.1) is 0 Å². The van der Waals surface area contributed by atoms with Crippen molar-refractivity contribution in [3.63, 3.8) is 0 Å². The average molecular weight is 375 g/mol. The highest BCUT2D eigenvalue weighted by molar-refractivity contribution is 5.85. The molecule has 0 aliphatic carbocycles. The maximum atomic E-state index is 12.9. The van der Waals surface area contributed by atoms with Crippen LogP contribution in [-0.2, 0) is 28.6 Å². The van der Waals surface area contributed by atoms with Crippen LogP contribution in [0.15, 0.2) is 42.5 Å². The second-order valence-corrected chi connectivity index (χ2v) is 6.72. The summed E-state index contributed by atoms with van der Waals surface area (Å²) in [7, 11) is 1.26. The van der Waals surface area contributed by atoms with Crippen LogP contribution in [0.5, 0.6) is 0 Å². The lowest BCUT2D eigenvalue weighted by atomic mass is 9.93. The van der Waals surface area contributed by atoms with Crippen LogP contribution in [0.2, 0.25) is 0 Å². The molecule has 0 radical (unpaired) electrons. The molecule has 1 aliphatic rings. The molecule has 4 atom stereocenters. The van der Waals surface area contributed by atoms with Crippen molar-refractivity contribution in [2.24, 2.45) is 0 Å². The van der Waals surface area contributed by atoms with Crippen LogP contribution in [-0.4, -0.2) is 49.3 Å². The van der Waals surface area contributed by atoms with Crippen molar-refractivity contribution in [3.05, 3.63) is 48.0 Å². The Morgan fingerprint density at radius 1 is 1.26 bits per heavy atom. The topological polar surface area (TPSA) is 94.2 Å². The standard InChI is InChI=1S/C20H25NO6/c1-13(15-8-6-5-7-9-15)18(21-14(2)22)19(24)27-16(20(3)12-26-20)10-11-17(23)25-4/h5-11,13,16,18H,12H2,1-4H3,(H,21,22)/b11-10+/t13-,16-,18+,20+/m1/s1. The Hall–Kier alpha value is -2.67. The quantitative estimate of drug-likeness (QED) is 0.422. The number of amides is 1. The van der Waals surface area contributed by atoms with Gasteiger partial charge >= 0.3 is 11.9 Å². The largest absolute Gasteiger partial charge is 0.466 e. The Morgan fingerprint density at radius 2 is 1.89 bits per heavy atom. The van der Waals surface area contributed by atoms with Gasteiger partial charge in [0.05, 0.1) is 13.7 Å². The Kier molecular flexibility index (Phi) is 6.74. The third kappa shape index (κ3) is 5.65. The molecular formula is C20H25NO6. The Morgan fingerprint density at radius 3 is 2.41 bits per heavy atom. The van der Waals surface area contributed by atoms with E-state index < -0.39 is 29.7 Å². The zero-order valence-electron chi connectivity index (χ0n) is 15.9. The summed E-state index contributed by atoms with van der Waals surface area (Å²) in [5, 5.41) is 2.66. The minimum atomic E-state index is -0.874. The van der Waals surface area contributed by atoms with E-state index in [2.05, 4.69) is 10.1 Å². The number of esters is 2. The molecule has 7 nitrogen and oxygen atoms in total. The van der Waals surface area contributed by atoms with Crippen LogP contribution >= 0.6 is 0 Å². The van der Waals surface area contributed by atoms with Crippen LogP contribution in [0.1, 0.15) is 32.3 Å². The molecule has 0 aromatic heterocycles. The maximum absolute atomic E-state index is 12.9. The van der Waals surface area contributed by atoms with Crippen molar-refractivity contribution in [3.8, 4) is 0 Å². The van der Waals surface area contributed by atoms with E-state index in [0.717, 1.165) is 5.56 Å². The van der Waals surface area contributed by atoms with Gasteiger partial charge in [-0.1, -0.05) is 37.3 Å². The summed E-state index contributed by atoms with van der Waals surface area (Å²) >= 11 is 0. The third-order valence-electron chi connectivity index (χ3n) is 4.49. The van der Waals surface area contributed by atoms with Crippen molar-refractivity contribution < 1.29 is 28.6 Å². The predicted octanol–water partition coefficient (Wildman–Crippen LogP) is 1.72. The van der Waals surface area contributed by atoms with Crippen LogP contribution in [0.4, 0.5) is 0 Å². The lowest BCUT2D eigenvalue weighted by Gasteiger charge is -2.26. The predicted molar refractivity (Wildman–Crippen MR) is 97.9 cm³/mol. The Bertz CT molecular complexity index is 710. The molecule has 1 aromatic carbocycles. The smallest absolute Gasteiger partial charge is 0.330 e. The number of carbonyl (C=O) groups is 3. The summed E-state index contributed by atoms with van der Waals surface area (Å²) < 4.78 is 15.5. The number of nitrogens with one attached hydrogen (secondary N) is 1. The van der Waals surface area contributed by atoms with Crippen LogP contribution in [0, 0.1) is 0 Å². The summed E-state index contributed by atoms with van der Waals surface area (Å²) in [5.74, 6) is -1.80. The zero-order chi connectivity index (χ0) is 20.0. The summed E-state index contributed by atoms with van der Waals surface area (Å²) in [4.78, 5) is 35.8. The van der Waals surface area contributed by atoms with Crippen molar-refractivity contribution in [2.45, 2.75) is 44.4 Å². The normalized spacial score (nSPS) is 21.8. The van der Waals surface area contributed by atoms with E-state index in [4.69, 9.17) is 9.47 Å². The summed E-state index contributed by atoms with van der Waals surface area (Å²) in [6.45, 7) is 5.36. The van der Waals surface area contributed by atoms with Crippen molar-refractivity contribution in [2.75, 3.05) is 13.7 Å².